The van der Waals surface area contributed by atoms with Gasteiger partial charge in [0.15, 0.2) is 0 Å². The molecule has 1 heterocycles. The summed E-state index contributed by atoms with van der Waals surface area (Å²) in [6, 6.07) is 10.6. The molecule has 1 N–H and O–H groups in total. The van der Waals surface area contributed by atoms with E-state index in [1.807, 2.05) is 22.9 Å². The predicted molar refractivity (Wildman–Crippen MR) is 78.4 cm³/mol. The maximum Gasteiger partial charge on any atom is 0.328 e. The van der Waals surface area contributed by atoms with E-state index in [0.29, 0.717) is 24.5 Å². The normalized spacial score (nSPS) is 10.7. The third-order valence-corrected chi connectivity index (χ3v) is 2.86. The molecule has 0 saturated carbocycles. The van der Waals surface area contributed by atoms with Crippen molar-refractivity contribution in [3.05, 3.63) is 59.9 Å². The van der Waals surface area contributed by atoms with Crippen LogP contribution in [0.3, 0.4) is 0 Å². The molecule has 0 unspecified atom stereocenters. The Kier molecular flexibility index (Phi) is 4.93. The maximum absolute atomic E-state index is 10.7. The highest BCUT2D eigenvalue weighted by Gasteiger charge is 2.00. The van der Waals surface area contributed by atoms with Gasteiger partial charge in [0.25, 0.3) is 0 Å². The Balaban J connectivity index is 1.93. The number of carboxylic acids is 1. The molecule has 5 heteroatoms. The number of rotatable bonds is 7. The summed E-state index contributed by atoms with van der Waals surface area (Å²) in [7, 11) is 0. The van der Waals surface area contributed by atoms with E-state index in [1.54, 1.807) is 24.3 Å². The van der Waals surface area contributed by atoms with Gasteiger partial charge in [0.05, 0.1) is 6.54 Å². The summed E-state index contributed by atoms with van der Waals surface area (Å²) < 4.78 is 7.47. The number of carbonyl (C=O) groups excluding carboxylic acids is 1. The summed E-state index contributed by atoms with van der Waals surface area (Å²) in [5.74, 6) is -0.348. The molecule has 0 bridgehead atoms. The highest BCUT2D eigenvalue weighted by Crippen LogP contribution is 2.12. The molecule has 0 amide bonds. The van der Waals surface area contributed by atoms with Crippen LogP contribution in [0.25, 0.3) is 6.08 Å². The average molecular weight is 285 g/mol. The number of aromatic nitrogens is 1. The Labute approximate surface area is 122 Å². The highest BCUT2D eigenvalue weighted by atomic mass is 16.5. The lowest BCUT2D eigenvalue weighted by Crippen LogP contribution is -2.08. The molecule has 5 nitrogen and oxygen atoms in total. The van der Waals surface area contributed by atoms with Crippen molar-refractivity contribution in [2.45, 2.75) is 6.54 Å². The molecule has 2 aromatic rings. The number of carbonyl (C=O) groups is 2. The third kappa shape index (κ3) is 4.35. The topological polar surface area (TPSA) is 68.5 Å². The summed E-state index contributed by atoms with van der Waals surface area (Å²) in [4.78, 5) is 21.2. The number of aliphatic carboxylic acids is 1. The van der Waals surface area contributed by atoms with Crippen molar-refractivity contribution in [3.63, 3.8) is 0 Å². The van der Waals surface area contributed by atoms with Gasteiger partial charge in [-0.05, 0) is 30.3 Å². The van der Waals surface area contributed by atoms with Crippen LogP contribution in [-0.4, -0.2) is 28.5 Å². The molecule has 21 heavy (non-hydrogen) atoms. The van der Waals surface area contributed by atoms with Crippen LogP contribution >= 0.6 is 0 Å². The van der Waals surface area contributed by atoms with Gasteiger partial charge >= 0.3 is 5.97 Å². The average Bonchev–Trinajstić information content (AvgIpc) is 2.93. The largest absolute Gasteiger partial charge is 0.492 e. The van der Waals surface area contributed by atoms with Crippen LogP contribution in [0, 0.1) is 0 Å². The standard InChI is InChI=1S/C16H15NO4/c18-12-13-3-1-5-15(11-13)21-10-9-17-8-2-4-14(17)6-7-16(19)20/h1-8,11-12H,9-10H2,(H,19,20). The van der Waals surface area contributed by atoms with Gasteiger partial charge in [-0.1, -0.05) is 12.1 Å². The van der Waals surface area contributed by atoms with Crippen molar-refractivity contribution in [1.82, 2.24) is 4.57 Å². The van der Waals surface area contributed by atoms with E-state index in [1.165, 1.54) is 6.08 Å². The molecule has 1 aromatic carbocycles. The molecule has 0 radical (unpaired) electrons. The van der Waals surface area contributed by atoms with E-state index >= 15 is 0 Å². The van der Waals surface area contributed by atoms with Crippen LogP contribution in [0.15, 0.2) is 48.7 Å². The van der Waals surface area contributed by atoms with Gasteiger partial charge in [-0.3, -0.25) is 4.79 Å². The van der Waals surface area contributed by atoms with Gasteiger partial charge < -0.3 is 14.4 Å². The van der Waals surface area contributed by atoms with Gasteiger partial charge in [0, 0.05) is 23.5 Å². The fraction of sp³-hybridized carbons (Fsp3) is 0.125. The lowest BCUT2D eigenvalue weighted by atomic mass is 10.2. The van der Waals surface area contributed by atoms with E-state index < -0.39 is 5.97 Å². The maximum atomic E-state index is 10.7. The predicted octanol–water partition coefficient (Wildman–Crippen LogP) is 2.48. The summed E-state index contributed by atoms with van der Waals surface area (Å²) in [5, 5.41) is 8.63. The smallest absolute Gasteiger partial charge is 0.328 e. The van der Waals surface area contributed by atoms with Gasteiger partial charge in [-0.25, -0.2) is 4.79 Å². The van der Waals surface area contributed by atoms with Gasteiger partial charge in [0.2, 0.25) is 0 Å². The van der Waals surface area contributed by atoms with E-state index in [-0.39, 0.29) is 0 Å². The second-order valence-electron chi connectivity index (χ2n) is 4.34. The van der Waals surface area contributed by atoms with E-state index in [0.717, 1.165) is 18.1 Å². The van der Waals surface area contributed by atoms with E-state index in [2.05, 4.69) is 0 Å². The molecule has 1 aromatic heterocycles. The Morgan fingerprint density at radius 3 is 2.90 bits per heavy atom. The number of ether oxygens (including phenoxy) is 1. The lowest BCUT2D eigenvalue weighted by molar-refractivity contribution is -0.131. The molecule has 0 fully saturated rings. The second kappa shape index (κ2) is 7.09. The SMILES string of the molecule is O=Cc1cccc(OCCn2cccc2C=CC(=O)O)c1. The minimum Gasteiger partial charge on any atom is -0.492 e. The number of carboxylic acid groups (broad SMARTS) is 1. The number of benzene rings is 1. The van der Waals surface area contributed by atoms with Crippen LogP contribution in [0.5, 0.6) is 5.75 Å². The van der Waals surface area contributed by atoms with Crippen molar-refractivity contribution in [3.8, 4) is 5.75 Å². The Bertz CT molecular complexity index is 658. The summed E-state index contributed by atoms with van der Waals surface area (Å²) in [6.07, 6.45) is 5.26. The zero-order valence-electron chi connectivity index (χ0n) is 11.3. The first-order chi connectivity index (χ1) is 10.2. The monoisotopic (exact) mass is 285 g/mol. The quantitative estimate of drug-likeness (QED) is 0.627. The first kappa shape index (κ1) is 14.6. The van der Waals surface area contributed by atoms with E-state index in [4.69, 9.17) is 9.84 Å². The highest BCUT2D eigenvalue weighted by molar-refractivity contribution is 5.84. The van der Waals surface area contributed by atoms with Crippen molar-refractivity contribution in [1.29, 1.82) is 0 Å². The molecular formula is C16H15NO4. The molecular weight excluding hydrogens is 270 g/mol. The lowest BCUT2D eigenvalue weighted by Gasteiger charge is -2.09. The van der Waals surface area contributed by atoms with Gasteiger partial charge in [0.1, 0.15) is 18.6 Å². The minimum atomic E-state index is -0.982. The Morgan fingerprint density at radius 1 is 1.29 bits per heavy atom. The minimum absolute atomic E-state index is 0.422. The zero-order chi connectivity index (χ0) is 15.1. The number of hydrogen-bond donors (Lipinski definition) is 1. The summed E-state index contributed by atoms with van der Waals surface area (Å²) in [6.45, 7) is 1.00. The first-order valence-corrected chi connectivity index (χ1v) is 6.43. The Hall–Kier alpha value is -2.82. The number of nitrogens with zero attached hydrogens (tertiary/aromatic N) is 1. The summed E-state index contributed by atoms with van der Waals surface area (Å²) in [5.41, 5.74) is 1.36. The van der Waals surface area contributed by atoms with Crippen LogP contribution in [0.1, 0.15) is 16.1 Å². The Morgan fingerprint density at radius 2 is 2.14 bits per heavy atom. The van der Waals surface area contributed by atoms with E-state index in [9.17, 15) is 9.59 Å². The number of aldehydes is 1. The fourth-order valence-electron chi connectivity index (χ4n) is 1.88. The molecule has 0 aliphatic heterocycles. The molecule has 108 valence electrons. The molecule has 0 aliphatic rings. The van der Waals surface area contributed by atoms with Crippen LogP contribution in [-0.2, 0) is 11.3 Å². The van der Waals surface area contributed by atoms with Crippen molar-refractivity contribution >= 4 is 18.3 Å². The number of hydrogen-bond acceptors (Lipinski definition) is 3. The van der Waals surface area contributed by atoms with Crippen LogP contribution in [0.4, 0.5) is 0 Å². The molecule has 0 saturated heterocycles. The zero-order valence-corrected chi connectivity index (χ0v) is 11.3. The van der Waals surface area contributed by atoms with Crippen LogP contribution in [0.2, 0.25) is 0 Å². The first-order valence-electron chi connectivity index (χ1n) is 6.43. The van der Waals surface area contributed by atoms with Crippen LogP contribution < -0.4 is 4.74 Å². The third-order valence-electron chi connectivity index (χ3n) is 2.86. The molecule has 0 aliphatic carbocycles. The second-order valence-corrected chi connectivity index (χ2v) is 4.34. The molecule has 0 spiro atoms. The molecule has 2 rings (SSSR count). The molecule has 0 atom stereocenters. The van der Waals surface area contributed by atoms with Gasteiger partial charge in [-0.2, -0.15) is 0 Å². The van der Waals surface area contributed by atoms with Crippen molar-refractivity contribution in [2.24, 2.45) is 0 Å². The van der Waals surface area contributed by atoms with Crippen molar-refractivity contribution < 1.29 is 19.4 Å². The van der Waals surface area contributed by atoms with Gasteiger partial charge in [-0.15, -0.1) is 0 Å². The summed E-state index contributed by atoms with van der Waals surface area (Å²) >= 11 is 0. The fourth-order valence-corrected chi connectivity index (χ4v) is 1.88. The van der Waals surface area contributed by atoms with Crippen molar-refractivity contribution in [2.75, 3.05) is 6.61 Å².